The van der Waals surface area contributed by atoms with E-state index in [1.807, 2.05) is 0 Å². The van der Waals surface area contributed by atoms with Crippen LogP contribution in [0.5, 0.6) is 0 Å². The fourth-order valence-electron chi connectivity index (χ4n) is 3.75. The molecule has 0 spiro atoms. The van der Waals surface area contributed by atoms with E-state index in [0.29, 0.717) is 6.07 Å². The molecule has 20 heteroatoms. The molecule has 1 unspecified atom stereocenters. The van der Waals surface area contributed by atoms with Gasteiger partial charge in [-0.3, -0.25) is 0 Å². The van der Waals surface area contributed by atoms with E-state index in [4.69, 9.17) is 14.2 Å². The summed E-state index contributed by atoms with van der Waals surface area (Å²) in [6, 6.07) is 2.58. The number of phosphoric ester groups is 1. The van der Waals surface area contributed by atoms with E-state index in [2.05, 4.69) is 19.6 Å². The van der Waals surface area contributed by atoms with Gasteiger partial charge in [0.05, 0.1) is 39.5 Å². The third-order valence-corrected chi connectivity index (χ3v) is 6.33. The van der Waals surface area contributed by atoms with Crippen molar-refractivity contribution in [2.45, 2.75) is 38.1 Å². The first kappa shape index (κ1) is 39.6. The molecule has 0 saturated heterocycles. The van der Waals surface area contributed by atoms with Crippen molar-refractivity contribution in [3.63, 3.8) is 0 Å². The standard InChI is InChI=1S/C23H27F3N5O9P.2Na/c1-15(21-20(26)10-27-12-28-21)23(33,18-4-3-17(24)9-19(18)25)11-31-14-30(13-29-31)16(2)40-22(32)38-7-5-37-6-8-39-41(34,35)36;;/h3-4,9-10,12-16,33H,5-8,11H2,1-2H3,(H-,34,35,36);;/q;2*+1/p-1/t15-,16?,23+;;/m0../s1. The van der Waals surface area contributed by atoms with Crippen LogP contribution in [0.25, 0.3) is 0 Å². The first-order valence-corrected chi connectivity index (χ1v) is 13.4. The van der Waals surface area contributed by atoms with Gasteiger partial charge in [-0.15, -0.1) is 4.68 Å². The van der Waals surface area contributed by atoms with Crippen molar-refractivity contribution >= 4 is 14.0 Å². The number of nitrogens with zero attached hydrogens (tertiary/aromatic N) is 5. The first-order chi connectivity index (χ1) is 19.3. The molecule has 1 aromatic carbocycles. The minimum absolute atomic E-state index is 0. The Kier molecular flexibility index (Phi) is 16.4. The topological polar surface area (TPSA) is 185 Å². The van der Waals surface area contributed by atoms with Gasteiger partial charge in [-0.1, -0.05) is 13.0 Å². The van der Waals surface area contributed by atoms with E-state index < -0.39 is 62.3 Å². The van der Waals surface area contributed by atoms with Gasteiger partial charge in [0.15, 0.2) is 5.82 Å². The van der Waals surface area contributed by atoms with Crippen molar-refractivity contribution in [2.24, 2.45) is 0 Å². The van der Waals surface area contributed by atoms with Gasteiger partial charge in [-0.2, -0.15) is 4.57 Å². The van der Waals surface area contributed by atoms with Gasteiger partial charge in [0, 0.05) is 29.6 Å². The predicted molar refractivity (Wildman–Crippen MR) is 125 cm³/mol. The van der Waals surface area contributed by atoms with Gasteiger partial charge in [0.25, 0.3) is 6.33 Å². The Bertz CT molecular complexity index is 1390. The third kappa shape index (κ3) is 11.8. The van der Waals surface area contributed by atoms with Crippen LogP contribution in [0.15, 0.2) is 43.4 Å². The number of hydrogen-bond donors (Lipinski definition) is 1. The van der Waals surface area contributed by atoms with Crippen LogP contribution >= 0.6 is 7.82 Å². The Labute approximate surface area is 288 Å². The van der Waals surface area contributed by atoms with Crippen LogP contribution in [-0.2, 0) is 35.4 Å². The number of aliphatic hydroxyl groups is 1. The molecule has 3 atom stereocenters. The summed E-state index contributed by atoms with van der Waals surface area (Å²) in [5.41, 5.74) is -2.72. The SMILES string of the molecule is CC(OC(=O)OCCOCCOP(=O)([O-])[O-])[n+]1cnn(C[C@](O)(c2ccc(F)cc2F)[C@@H](C)c2ncncc2F)c1.[Na+].[Na+]. The van der Waals surface area contributed by atoms with E-state index in [1.54, 1.807) is 0 Å². The van der Waals surface area contributed by atoms with Crippen LogP contribution in [0, 0.1) is 17.5 Å². The molecule has 14 nitrogen and oxygen atoms in total. The molecule has 3 rings (SSSR count). The van der Waals surface area contributed by atoms with Crippen molar-refractivity contribution < 1.29 is 120 Å². The number of benzene rings is 1. The average molecular weight is 650 g/mol. The Hall–Kier alpha value is -1.47. The summed E-state index contributed by atoms with van der Waals surface area (Å²) >= 11 is 0. The number of ether oxygens (including phenoxy) is 3. The summed E-state index contributed by atoms with van der Waals surface area (Å²) in [5, 5.41) is 15.8. The van der Waals surface area contributed by atoms with E-state index in [0.717, 1.165) is 24.7 Å². The molecular weight excluding hydrogens is 624 g/mol. The molecule has 43 heavy (non-hydrogen) atoms. The van der Waals surface area contributed by atoms with Gasteiger partial charge < -0.3 is 38.2 Å². The fraction of sp³-hybridized carbons (Fsp3) is 0.435. The number of hydrogen-bond acceptors (Lipinski definition) is 12. The number of phosphoric acid groups is 1. The second-order valence-electron chi connectivity index (χ2n) is 8.63. The van der Waals surface area contributed by atoms with E-state index in [1.165, 1.54) is 35.8 Å². The molecule has 2 heterocycles. The fourth-order valence-corrected chi connectivity index (χ4v) is 4.04. The number of halogens is 3. The first-order valence-electron chi connectivity index (χ1n) is 11.9. The molecule has 0 fully saturated rings. The summed E-state index contributed by atoms with van der Waals surface area (Å²) in [4.78, 5) is 40.1. The average Bonchev–Trinajstić information content (AvgIpc) is 3.35. The maximum atomic E-state index is 14.9. The van der Waals surface area contributed by atoms with Gasteiger partial charge in [-0.25, -0.2) is 27.9 Å². The van der Waals surface area contributed by atoms with Crippen molar-refractivity contribution in [1.29, 1.82) is 0 Å². The minimum atomic E-state index is -5.09. The van der Waals surface area contributed by atoms with Gasteiger partial charge in [-0.05, 0) is 6.07 Å². The quantitative estimate of drug-likeness (QED) is 0.0575. The third-order valence-electron chi connectivity index (χ3n) is 5.83. The second-order valence-corrected chi connectivity index (χ2v) is 9.78. The number of rotatable bonds is 14. The van der Waals surface area contributed by atoms with Crippen LogP contribution in [-0.4, -0.2) is 57.4 Å². The second kappa shape index (κ2) is 17.9. The van der Waals surface area contributed by atoms with Crippen molar-refractivity contribution in [1.82, 2.24) is 19.7 Å². The zero-order chi connectivity index (χ0) is 30.2. The van der Waals surface area contributed by atoms with Crippen LogP contribution in [0.3, 0.4) is 0 Å². The summed E-state index contributed by atoms with van der Waals surface area (Å²) < 4.78 is 74.7. The molecule has 0 aliphatic carbocycles. The van der Waals surface area contributed by atoms with Crippen LogP contribution in [0.2, 0.25) is 0 Å². The summed E-state index contributed by atoms with van der Waals surface area (Å²) in [7, 11) is -5.09. The Balaban J connectivity index is 0.00000462. The van der Waals surface area contributed by atoms with Gasteiger partial charge >= 0.3 is 65.3 Å². The maximum Gasteiger partial charge on any atom is 1.00 e. The zero-order valence-electron chi connectivity index (χ0n) is 23.8. The summed E-state index contributed by atoms with van der Waals surface area (Å²) in [6.07, 6.45) is 2.46. The molecule has 3 aromatic rings. The molecular formula is C23H26F3N5Na2O9P+. The van der Waals surface area contributed by atoms with Crippen molar-refractivity contribution in [2.75, 3.05) is 26.4 Å². The molecule has 224 valence electrons. The number of carbonyl (C=O) groups is 1. The number of carbonyl (C=O) groups excluding carboxylic acids is 1. The Morgan fingerprint density at radius 2 is 1.84 bits per heavy atom. The molecule has 0 saturated carbocycles. The van der Waals surface area contributed by atoms with Crippen LogP contribution in [0.4, 0.5) is 18.0 Å². The number of aromatic nitrogens is 5. The molecule has 0 amide bonds. The molecule has 0 radical (unpaired) electrons. The summed E-state index contributed by atoms with van der Waals surface area (Å²) in [5.74, 6) is -3.95. The van der Waals surface area contributed by atoms with E-state index >= 15 is 0 Å². The zero-order valence-corrected chi connectivity index (χ0v) is 28.7. The Morgan fingerprint density at radius 1 is 1.14 bits per heavy atom. The van der Waals surface area contributed by atoms with Gasteiger partial charge in [0.2, 0.25) is 12.6 Å². The van der Waals surface area contributed by atoms with Crippen molar-refractivity contribution in [3.05, 3.63) is 72.1 Å². The van der Waals surface area contributed by atoms with E-state index in [-0.39, 0.29) is 90.2 Å². The van der Waals surface area contributed by atoms with E-state index in [9.17, 15) is 37.4 Å². The normalized spacial score (nSPS) is 14.0. The monoisotopic (exact) mass is 650 g/mol. The predicted octanol–water partition coefficient (Wildman–Crippen LogP) is -5.39. The van der Waals surface area contributed by atoms with Gasteiger partial charge in [0.1, 0.15) is 36.7 Å². The Morgan fingerprint density at radius 3 is 2.49 bits per heavy atom. The smallest absolute Gasteiger partial charge is 0.790 e. The molecule has 2 aromatic heterocycles. The largest absolute Gasteiger partial charge is 1.00 e. The van der Waals surface area contributed by atoms with Crippen molar-refractivity contribution in [3.8, 4) is 0 Å². The molecule has 1 N–H and O–H groups in total. The maximum absolute atomic E-state index is 14.9. The van der Waals surface area contributed by atoms with Crippen LogP contribution < -0.4 is 73.5 Å². The minimum Gasteiger partial charge on any atom is -0.790 e. The van der Waals surface area contributed by atoms with Crippen LogP contribution in [0.1, 0.15) is 37.3 Å². The molecule has 0 aliphatic heterocycles. The molecule has 0 aliphatic rings. The summed E-state index contributed by atoms with van der Waals surface area (Å²) in [6.45, 7) is 1.34. The molecule has 0 bridgehead atoms.